The van der Waals surface area contributed by atoms with Gasteiger partial charge in [-0.1, -0.05) is 45.7 Å². The van der Waals surface area contributed by atoms with E-state index in [9.17, 15) is 0 Å². The van der Waals surface area contributed by atoms with Crippen LogP contribution >= 0.6 is 27.5 Å². The molecule has 19 heavy (non-hydrogen) atoms. The topological polar surface area (TPSA) is 12.0 Å². The molecule has 0 saturated carbocycles. The number of nitrogens with one attached hydrogen (secondary N) is 1. The first kappa shape index (κ1) is 14.6. The van der Waals surface area contributed by atoms with E-state index < -0.39 is 0 Å². The molecule has 2 aromatic carbocycles. The molecule has 1 atom stereocenters. The fraction of sp³-hybridized carbons (Fsp3) is 0.250. The van der Waals surface area contributed by atoms with E-state index >= 15 is 0 Å². The average molecular weight is 339 g/mol. The molecule has 0 radical (unpaired) electrons. The second-order valence-corrected chi connectivity index (χ2v) is 6.03. The number of aryl methyl sites for hydroxylation is 1. The quantitative estimate of drug-likeness (QED) is 0.835. The molecule has 0 heterocycles. The highest BCUT2D eigenvalue weighted by Gasteiger charge is 2.13. The lowest BCUT2D eigenvalue weighted by molar-refractivity contribution is 0.589. The van der Waals surface area contributed by atoms with Gasteiger partial charge in [-0.2, -0.15) is 0 Å². The fourth-order valence-corrected chi connectivity index (χ4v) is 2.88. The van der Waals surface area contributed by atoms with E-state index in [2.05, 4.69) is 58.5 Å². The van der Waals surface area contributed by atoms with Crippen LogP contribution in [0.5, 0.6) is 0 Å². The maximum Gasteiger partial charge on any atom is 0.0409 e. The smallest absolute Gasteiger partial charge is 0.0409 e. The van der Waals surface area contributed by atoms with Crippen molar-refractivity contribution >= 4 is 27.5 Å². The van der Waals surface area contributed by atoms with E-state index in [1.807, 2.05) is 19.2 Å². The van der Waals surface area contributed by atoms with Crippen LogP contribution in [0.15, 0.2) is 46.9 Å². The van der Waals surface area contributed by atoms with Crippen molar-refractivity contribution in [1.29, 1.82) is 0 Å². The summed E-state index contributed by atoms with van der Waals surface area (Å²) >= 11 is 9.63. The number of halogens is 2. The van der Waals surface area contributed by atoms with E-state index in [1.54, 1.807) is 0 Å². The van der Waals surface area contributed by atoms with Gasteiger partial charge in [-0.3, -0.25) is 0 Å². The minimum Gasteiger partial charge on any atom is -0.313 e. The fourth-order valence-electron chi connectivity index (χ4n) is 2.25. The van der Waals surface area contributed by atoms with Crippen LogP contribution in [0.25, 0.3) is 0 Å². The molecule has 0 aliphatic heterocycles. The molecule has 0 aromatic heterocycles. The highest BCUT2D eigenvalue weighted by molar-refractivity contribution is 9.10. The van der Waals surface area contributed by atoms with Crippen LogP contribution in [0.1, 0.15) is 22.7 Å². The average Bonchev–Trinajstić information content (AvgIpc) is 2.39. The van der Waals surface area contributed by atoms with Crippen molar-refractivity contribution < 1.29 is 0 Å². The Morgan fingerprint density at radius 1 is 1.21 bits per heavy atom. The summed E-state index contributed by atoms with van der Waals surface area (Å²) in [6, 6.07) is 14.7. The molecular weight excluding hydrogens is 322 g/mol. The van der Waals surface area contributed by atoms with Gasteiger partial charge in [0.2, 0.25) is 0 Å². The Balaban J connectivity index is 2.27. The molecule has 0 spiro atoms. The van der Waals surface area contributed by atoms with E-state index in [0.717, 1.165) is 15.9 Å². The SMILES string of the molecule is CNC(Cc1cccc(Br)c1)c1cc(Cl)ccc1C. The molecule has 2 aromatic rings. The zero-order chi connectivity index (χ0) is 13.8. The summed E-state index contributed by atoms with van der Waals surface area (Å²) in [7, 11) is 1.99. The van der Waals surface area contributed by atoms with E-state index in [1.165, 1.54) is 16.7 Å². The molecule has 0 aliphatic carbocycles. The number of rotatable bonds is 4. The minimum absolute atomic E-state index is 0.271. The lowest BCUT2D eigenvalue weighted by Crippen LogP contribution is -2.19. The number of hydrogen-bond acceptors (Lipinski definition) is 1. The summed E-state index contributed by atoms with van der Waals surface area (Å²) in [5.41, 5.74) is 3.82. The van der Waals surface area contributed by atoms with Crippen molar-refractivity contribution in [1.82, 2.24) is 5.32 Å². The van der Waals surface area contributed by atoms with Gasteiger partial charge in [-0.25, -0.2) is 0 Å². The van der Waals surface area contributed by atoms with Gasteiger partial charge in [0, 0.05) is 15.5 Å². The third-order valence-corrected chi connectivity index (χ3v) is 4.02. The largest absolute Gasteiger partial charge is 0.313 e. The zero-order valence-electron chi connectivity index (χ0n) is 11.1. The van der Waals surface area contributed by atoms with Crippen molar-refractivity contribution in [3.63, 3.8) is 0 Å². The third kappa shape index (κ3) is 3.82. The maximum atomic E-state index is 6.11. The van der Waals surface area contributed by atoms with Crippen molar-refractivity contribution in [2.75, 3.05) is 7.05 Å². The molecule has 100 valence electrons. The number of hydrogen-bond donors (Lipinski definition) is 1. The second-order valence-electron chi connectivity index (χ2n) is 4.68. The molecule has 0 saturated heterocycles. The van der Waals surface area contributed by atoms with E-state index in [0.29, 0.717) is 0 Å². The highest BCUT2D eigenvalue weighted by Crippen LogP contribution is 2.25. The molecule has 0 amide bonds. The van der Waals surface area contributed by atoms with Gasteiger partial charge in [0.1, 0.15) is 0 Å². The van der Waals surface area contributed by atoms with Gasteiger partial charge < -0.3 is 5.32 Å². The Hall–Kier alpha value is -0.830. The summed E-state index contributed by atoms with van der Waals surface area (Å²) in [5, 5.41) is 4.17. The van der Waals surface area contributed by atoms with Crippen LogP contribution in [0, 0.1) is 6.92 Å². The minimum atomic E-state index is 0.271. The van der Waals surface area contributed by atoms with Crippen molar-refractivity contribution in [2.45, 2.75) is 19.4 Å². The van der Waals surface area contributed by atoms with Gasteiger partial charge in [-0.05, 0) is 61.3 Å². The Morgan fingerprint density at radius 3 is 2.68 bits per heavy atom. The number of likely N-dealkylation sites (N-methyl/N-ethyl adjacent to an activating group) is 1. The van der Waals surface area contributed by atoms with Crippen molar-refractivity contribution in [3.8, 4) is 0 Å². The number of benzene rings is 2. The molecule has 3 heteroatoms. The molecule has 0 fully saturated rings. The van der Waals surface area contributed by atoms with Gasteiger partial charge >= 0.3 is 0 Å². The van der Waals surface area contributed by atoms with Crippen molar-refractivity contribution in [3.05, 3.63) is 68.7 Å². The second kappa shape index (κ2) is 6.56. The van der Waals surface area contributed by atoms with Crippen molar-refractivity contribution in [2.24, 2.45) is 0 Å². The monoisotopic (exact) mass is 337 g/mol. The van der Waals surface area contributed by atoms with E-state index in [-0.39, 0.29) is 6.04 Å². The Bertz CT molecular complexity index is 568. The molecule has 0 bridgehead atoms. The Kier molecular flexibility index (Phi) is 5.03. The molecule has 1 N–H and O–H groups in total. The Morgan fingerprint density at radius 2 is 2.00 bits per heavy atom. The molecule has 1 nitrogen and oxygen atoms in total. The molecule has 2 rings (SSSR count). The predicted molar refractivity (Wildman–Crippen MR) is 85.8 cm³/mol. The third-order valence-electron chi connectivity index (χ3n) is 3.29. The van der Waals surface area contributed by atoms with Gasteiger partial charge in [0.05, 0.1) is 0 Å². The first-order valence-corrected chi connectivity index (χ1v) is 7.45. The Labute approximate surface area is 128 Å². The van der Waals surface area contributed by atoms with E-state index in [4.69, 9.17) is 11.6 Å². The summed E-state index contributed by atoms with van der Waals surface area (Å²) in [6.45, 7) is 2.12. The standard InChI is InChI=1S/C16H17BrClN/c1-11-6-7-14(18)10-15(11)16(19-2)9-12-4-3-5-13(17)8-12/h3-8,10,16,19H,9H2,1-2H3. The summed E-state index contributed by atoms with van der Waals surface area (Å²) in [6.07, 6.45) is 0.942. The van der Waals surface area contributed by atoms with Crippen LogP contribution in [0.4, 0.5) is 0 Å². The van der Waals surface area contributed by atoms with Crippen LogP contribution in [0.3, 0.4) is 0 Å². The zero-order valence-corrected chi connectivity index (χ0v) is 13.4. The maximum absolute atomic E-state index is 6.11. The van der Waals surface area contributed by atoms with Crippen LogP contribution in [-0.4, -0.2) is 7.05 Å². The highest BCUT2D eigenvalue weighted by atomic mass is 79.9. The molecule has 1 unspecified atom stereocenters. The first-order chi connectivity index (χ1) is 9.10. The summed E-state index contributed by atoms with van der Waals surface area (Å²) < 4.78 is 1.11. The van der Waals surface area contributed by atoms with Crippen LogP contribution < -0.4 is 5.32 Å². The van der Waals surface area contributed by atoms with Gasteiger partial charge in [-0.15, -0.1) is 0 Å². The molecular formula is C16H17BrClN. The lowest BCUT2D eigenvalue weighted by atomic mass is 9.95. The van der Waals surface area contributed by atoms with Crippen LogP contribution in [0.2, 0.25) is 5.02 Å². The summed E-state index contributed by atoms with van der Waals surface area (Å²) in [5.74, 6) is 0. The van der Waals surface area contributed by atoms with Gasteiger partial charge in [0.15, 0.2) is 0 Å². The lowest BCUT2D eigenvalue weighted by Gasteiger charge is -2.19. The van der Waals surface area contributed by atoms with Crippen LogP contribution in [-0.2, 0) is 6.42 Å². The predicted octanol–water partition coefficient (Wildman–Crippen LogP) is 4.91. The molecule has 0 aliphatic rings. The normalized spacial score (nSPS) is 12.4. The first-order valence-electron chi connectivity index (χ1n) is 6.28. The van der Waals surface area contributed by atoms with Gasteiger partial charge in [0.25, 0.3) is 0 Å². The summed E-state index contributed by atoms with van der Waals surface area (Å²) in [4.78, 5) is 0.